The molecule has 2 heterocycles. The number of thiazole rings is 1. The first-order valence-corrected chi connectivity index (χ1v) is 11.2. The molecule has 3 aromatic rings. The number of nitrogens with one attached hydrogen (secondary N) is 1. The third-order valence-corrected chi connectivity index (χ3v) is 6.31. The Kier molecular flexibility index (Phi) is 6.04. The van der Waals surface area contributed by atoms with Gasteiger partial charge in [-0.15, -0.1) is 11.3 Å². The first-order valence-electron chi connectivity index (χ1n) is 10.4. The number of piperazine rings is 1. The van der Waals surface area contributed by atoms with Crippen LogP contribution in [0.15, 0.2) is 47.8 Å². The van der Waals surface area contributed by atoms with Crippen molar-refractivity contribution < 1.29 is 9.59 Å². The van der Waals surface area contributed by atoms with Crippen LogP contribution in [0.25, 0.3) is 0 Å². The minimum absolute atomic E-state index is 0.0310. The van der Waals surface area contributed by atoms with E-state index in [2.05, 4.69) is 41.2 Å². The summed E-state index contributed by atoms with van der Waals surface area (Å²) in [4.78, 5) is 33.0. The average molecular weight is 435 g/mol. The Bertz CT molecular complexity index is 1100. The molecule has 7 heteroatoms. The Hall–Kier alpha value is -3.19. The minimum atomic E-state index is -0.0310. The first-order chi connectivity index (χ1) is 14.9. The molecule has 1 fully saturated rings. The van der Waals surface area contributed by atoms with Gasteiger partial charge in [-0.2, -0.15) is 0 Å². The van der Waals surface area contributed by atoms with Crippen LogP contribution in [0.5, 0.6) is 0 Å². The molecule has 6 nitrogen and oxygen atoms in total. The molecule has 0 unspecified atom stereocenters. The van der Waals surface area contributed by atoms with Crippen molar-refractivity contribution in [2.45, 2.75) is 20.8 Å². The summed E-state index contributed by atoms with van der Waals surface area (Å²) >= 11 is 1.44. The van der Waals surface area contributed by atoms with Crippen LogP contribution < -0.4 is 10.2 Å². The molecule has 1 aliphatic rings. The number of Topliss-reactive ketones (excluding diaryl/α,β-unsaturated/α-hetero) is 1. The number of hydrogen-bond acceptors (Lipinski definition) is 6. The highest BCUT2D eigenvalue weighted by molar-refractivity contribution is 7.14. The van der Waals surface area contributed by atoms with Gasteiger partial charge in [-0.1, -0.05) is 17.7 Å². The summed E-state index contributed by atoms with van der Waals surface area (Å²) in [7, 11) is 0. The van der Waals surface area contributed by atoms with E-state index in [0.29, 0.717) is 24.3 Å². The summed E-state index contributed by atoms with van der Waals surface area (Å²) in [6.07, 6.45) is 0. The number of aryl methyl sites for hydroxylation is 2. The standard InChI is InChI=1S/C24H26N4O2S/c1-16-4-9-21(17(2)14-16)25-24-26-22(15-31-24)23(30)28-12-10-27(11-13-28)20-7-5-19(6-8-20)18(3)29/h4-9,14-15H,10-13H2,1-3H3,(H,25,26). The number of anilines is 3. The number of nitrogens with zero attached hydrogens (tertiary/aromatic N) is 3. The van der Waals surface area contributed by atoms with E-state index in [1.807, 2.05) is 40.6 Å². The van der Waals surface area contributed by atoms with Crippen LogP contribution in [0.2, 0.25) is 0 Å². The Balaban J connectivity index is 1.36. The number of aromatic nitrogens is 1. The number of carbonyl (C=O) groups excluding carboxylic acids is 2. The number of carbonyl (C=O) groups is 2. The highest BCUT2D eigenvalue weighted by Gasteiger charge is 2.24. The topological polar surface area (TPSA) is 65.5 Å². The van der Waals surface area contributed by atoms with Gasteiger partial charge in [-0.25, -0.2) is 4.98 Å². The van der Waals surface area contributed by atoms with E-state index in [-0.39, 0.29) is 11.7 Å². The van der Waals surface area contributed by atoms with Crippen LogP contribution in [0.4, 0.5) is 16.5 Å². The van der Waals surface area contributed by atoms with Crippen LogP contribution in [-0.4, -0.2) is 47.8 Å². The number of amides is 1. The maximum atomic E-state index is 12.9. The summed E-state index contributed by atoms with van der Waals surface area (Å²) in [6, 6.07) is 13.9. The van der Waals surface area contributed by atoms with Gasteiger partial charge < -0.3 is 15.1 Å². The third-order valence-electron chi connectivity index (χ3n) is 5.55. The van der Waals surface area contributed by atoms with Gasteiger partial charge in [0.15, 0.2) is 10.9 Å². The van der Waals surface area contributed by atoms with Crippen molar-refractivity contribution in [3.63, 3.8) is 0 Å². The highest BCUT2D eigenvalue weighted by atomic mass is 32.1. The van der Waals surface area contributed by atoms with Gasteiger partial charge in [-0.05, 0) is 56.7 Å². The lowest BCUT2D eigenvalue weighted by atomic mass is 10.1. The maximum absolute atomic E-state index is 12.9. The normalized spacial score (nSPS) is 13.9. The van der Waals surface area contributed by atoms with Crippen molar-refractivity contribution in [2.24, 2.45) is 0 Å². The molecule has 0 spiro atoms. The highest BCUT2D eigenvalue weighted by Crippen LogP contribution is 2.25. The van der Waals surface area contributed by atoms with Crippen molar-refractivity contribution >= 4 is 39.5 Å². The largest absolute Gasteiger partial charge is 0.368 e. The smallest absolute Gasteiger partial charge is 0.273 e. The predicted octanol–water partition coefficient (Wildman–Crippen LogP) is 4.67. The molecule has 4 rings (SSSR count). The summed E-state index contributed by atoms with van der Waals surface area (Å²) in [5.74, 6) is 0.0353. The molecule has 0 radical (unpaired) electrons. The van der Waals surface area contributed by atoms with Crippen LogP contribution in [-0.2, 0) is 0 Å². The van der Waals surface area contributed by atoms with Crippen molar-refractivity contribution in [1.29, 1.82) is 0 Å². The number of ketones is 1. The van der Waals surface area contributed by atoms with Gasteiger partial charge >= 0.3 is 0 Å². The lowest BCUT2D eigenvalue weighted by molar-refractivity contribution is 0.0741. The van der Waals surface area contributed by atoms with E-state index in [1.54, 1.807) is 6.92 Å². The summed E-state index contributed by atoms with van der Waals surface area (Å²) in [5, 5.41) is 5.87. The summed E-state index contributed by atoms with van der Waals surface area (Å²) in [5.41, 5.74) is 5.64. The Morgan fingerprint density at radius 3 is 2.35 bits per heavy atom. The van der Waals surface area contributed by atoms with Crippen LogP contribution in [0.1, 0.15) is 38.9 Å². The first kappa shape index (κ1) is 21.1. The van der Waals surface area contributed by atoms with Crippen molar-refractivity contribution in [1.82, 2.24) is 9.88 Å². The van der Waals surface area contributed by atoms with Gasteiger partial charge in [-0.3, -0.25) is 9.59 Å². The number of hydrogen-bond donors (Lipinski definition) is 1. The molecule has 1 amide bonds. The van der Waals surface area contributed by atoms with Gasteiger partial charge in [0.2, 0.25) is 0 Å². The molecular weight excluding hydrogens is 408 g/mol. The average Bonchev–Trinajstić information content (AvgIpc) is 3.24. The summed E-state index contributed by atoms with van der Waals surface area (Å²) in [6.45, 7) is 8.49. The quantitative estimate of drug-likeness (QED) is 0.591. The number of rotatable bonds is 5. The fraction of sp³-hybridized carbons (Fsp3) is 0.292. The predicted molar refractivity (Wildman–Crippen MR) is 126 cm³/mol. The SMILES string of the molecule is CC(=O)c1ccc(N2CCN(C(=O)c3csc(Nc4ccc(C)cc4C)n3)CC2)cc1. The van der Waals surface area contributed by atoms with E-state index in [9.17, 15) is 9.59 Å². The van der Waals surface area contributed by atoms with E-state index in [4.69, 9.17) is 0 Å². The van der Waals surface area contributed by atoms with Gasteiger partial charge in [0.1, 0.15) is 5.69 Å². The van der Waals surface area contributed by atoms with Gasteiger partial charge in [0, 0.05) is 48.5 Å². The second-order valence-corrected chi connectivity index (χ2v) is 8.72. The number of benzene rings is 2. The molecule has 1 aromatic heterocycles. The Morgan fingerprint density at radius 1 is 1.00 bits per heavy atom. The molecule has 0 bridgehead atoms. The zero-order valence-electron chi connectivity index (χ0n) is 18.0. The van der Waals surface area contributed by atoms with Crippen molar-refractivity contribution in [2.75, 3.05) is 36.4 Å². The van der Waals surface area contributed by atoms with Crippen LogP contribution >= 0.6 is 11.3 Å². The lowest BCUT2D eigenvalue weighted by Gasteiger charge is -2.35. The summed E-state index contributed by atoms with van der Waals surface area (Å²) < 4.78 is 0. The Labute approximate surface area is 186 Å². The Morgan fingerprint density at radius 2 is 1.71 bits per heavy atom. The third kappa shape index (κ3) is 4.77. The fourth-order valence-corrected chi connectivity index (χ4v) is 4.43. The molecule has 2 aromatic carbocycles. The van der Waals surface area contributed by atoms with E-state index in [1.165, 1.54) is 16.9 Å². The molecule has 0 saturated carbocycles. The maximum Gasteiger partial charge on any atom is 0.273 e. The second kappa shape index (κ2) is 8.89. The van der Waals surface area contributed by atoms with E-state index in [0.717, 1.165) is 35.2 Å². The zero-order valence-corrected chi connectivity index (χ0v) is 18.8. The van der Waals surface area contributed by atoms with Crippen LogP contribution in [0, 0.1) is 13.8 Å². The lowest BCUT2D eigenvalue weighted by Crippen LogP contribution is -2.48. The van der Waals surface area contributed by atoms with Crippen molar-refractivity contribution in [3.8, 4) is 0 Å². The molecule has 1 N–H and O–H groups in total. The zero-order chi connectivity index (χ0) is 22.0. The van der Waals surface area contributed by atoms with Crippen LogP contribution in [0.3, 0.4) is 0 Å². The van der Waals surface area contributed by atoms with E-state index >= 15 is 0 Å². The van der Waals surface area contributed by atoms with Gasteiger partial charge in [0.05, 0.1) is 0 Å². The molecule has 31 heavy (non-hydrogen) atoms. The molecule has 0 atom stereocenters. The fourth-order valence-electron chi connectivity index (χ4n) is 3.74. The molecular formula is C24H26N4O2S. The molecule has 0 aliphatic carbocycles. The second-order valence-electron chi connectivity index (χ2n) is 7.86. The monoisotopic (exact) mass is 434 g/mol. The molecule has 1 aliphatic heterocycles. The molecule has 160 valence electrons. The molecule has 1 saturated heterocycles. The van der Waals surface area contributed by atoms with E-state index < -0.39 is 0 Å². The van der Waals surface area contributed by atoms with Crippen molar-refractivity contribution in [3.05, 3.63) is 70.2 Å². The minimum Gasteiger partial charge on any atom is -0.368 e. The van der Waals surface area contributed by atoms with Gasteiger partial charge in [0.25, 0.3) is 5.91 Å².